The van der Waals surface area contributed by atoms with Gasteiger partial charge < -0.3 is 10.3 Å². The average Bonchev–Trinajstić information content (AvgIpc) is 2.92. The van der Waals surface area contributed by atoms with Crippen LogP contribution in [0.1, 0.15) is 15.9 Å². The fourth-order valence-electron chi connectivity index (χ4n) is 3.22. The van der Waals surface area contributed by atoms with Crippen molar-refractivity contribution in [3.8, 4) is 0 Å². The van der Waals surface area contributed by atoms with E-state index in [1.54, 1.807) is 18.2 Å². The number of hydrogen-bond donors (Lipinski definition) is 1. The molecule has 3 nitrogen and oxygen atoms in total. The lowest BCUT2D eigenvalue weighted by atomic mass is 10.1. The Hall–Kier alpha value is -3.21. The normalized spacial score (nSPS) is 11.3. The smallest absolute Gasteiger partial charge is 0.249 e. The summed E-state index contributed by atoms with van der Waals surface area (Å²) in [7, 11) is 0. The Bertz CT molecular complexity index is 1130. The maximum absolute atomic E-state index is 14.1. The van der Waals surface area contributed by atoms with E-state index in [0.717, 1.165) is 28.6 Å². The average molecular weight is 335 g/mol. The van der Waals surface area contributed by atoms with Crippen molar-refractivity contribution in [2.45, 2.75) is 6.54 Å². The van der Waals surface area contributed by atoms with Crippen LogP contribution in [-0.2, 0) is 6.54 Å². The van der Waals surface area contributed by atoms with Crippen molar-refractivity contribution in [2.75, 3.05) is 0 Å². The van der Waals surface area contributed by atoms with E-state index in [0.29, 0.717) is 10.9 Å². The molecule has 0 fully saturated rings. The molecule has 4 aromatic rings. The topological polar surface area (TPSA) is 48.0 Å². The van der Waals surface area contributed by atoms with Crippen LogP contribution in [0.4, 0.5) is 8.78 Å². The van der Waals surface area contributed by atoms with Crippen molar-refractivity contribution in [1.29, 1.82) is 0 Å². The van der Waals surface area contributed by atoms with Crippen LogP contribution >= 0.6 is 0 Å². The summed E-state index contributed by atoms with van der Waals surface area (Å²) < 4.78 is 29.5. The minimum atomic E-state index is -0.543. The Morgan fingerprint density at radius 2 is 1.88 bits per heavy atom. The SMILES string of the molecule is NC(=O)c1cccc2c1c1[c]cccc1n2Cc1cc(F)ccc1F. The van der Waals surface area contributed by atoms with Crippen LogP contribution in [-0.4, -0.2) is 10.5 Å². The Kier molecular flexibility index (Phi) is 3.50. The number of nitrogens with two attached hydrogens (primary N) is 1. The molecule has 123 valence electrons. The number of carbonyl (C=O) groups excluding carboxylic acids is 1. The van der Waals surface area contributed by atoms with Gasteiger partial charge in [-0.2, -0.15) is 0 Å². The third-order valence-electron chi connectivity index (χ3n) is 4.31. The van der Waals surface area contributed by atoms with Gasteiger partial charge in [0.2, 0.25) is 5.91 Å². The molecule has 0 unspecified atom stereocenters. The lowest BCUT2D eigenvalue weighted by Crippen LogP contribution is -2.11. The molecule has 0 saturated heterocycles. The highest BCUT2D eigenvalue weighted by Gasteiger charge is 2.17. The molecule has 0 aliphatic carbocycles. The first-order valence-electron chi connectivity index (χ1n) is 7.71. The molecule has 2 N–H and O–H groups in total. The molecule has 1 radical (unpaired) electrons. The number of benzene rings is 3. The van der Waals surface area contributed by atoms with E-state index in [9.17, 15) is 13.6 Å². The van der Waals surface area contributed by atoms with Gasteiger partial charge in [-0.25, -0.2) is 8.78 Å². The second-order valence-corrected chi connectivity index (χ2v) is 5.82. The summed E-state index contributed by atoms with van der Waals surface area (Å²) in [4.78, 5) is 11.8. The molecular formula is C20H13F2N2O. The van der Waals surface area contributed by atoms with Gasteiger partial charge in [0, 0.05) is 21.9 Å². The van der Waals surface area contributed by atoms with Crippen molar-refractivity contribution in [2.24, 2.45) is 5.73 Å². The summed E-state index contributed by atoms with van der Waals surface area (Å²) in [5.74, 6) is -1.53. The zero-order chi connectivity index (χ0) is 17.6. The van der Waals surface area contributed by atoms with Crippen molar-refractivity contribution >= 4 is 27.7 Å². The summed E-state index contributed by atoms with van der Waals surface area (Å²) in [5.41, 5.74) is 7.60. The van der Waals surface area contributed by atoms with Gasteiger partial charge in [0.25, 0.3) is 0 Å². The summed E-state index contributed by atoms with van der Waals surface area (Å²) in [6.45, 7) is 0.129. The monoisotopic (exact) mass is 335 g/mol. The van der Waals surface area contributed by atoms with Gasteiger partial charge in [0.1, 0.15) is 11.6 Å². The molecule has 0 aliphatic rings. The standard InChI is InChI=1S/C20H13F2N2O/c21-13-8-9-16(22)12(10-13)11-24-17-6-2-1-4-14(17)19-15(20(23)25)5-3-7-18(19)24/h1-3,5-10H,11H2,(H2,23,25). The third kappa shape index (κ3) is 2.45. The molecule has 25 heavy (non-hydrogen) atoms. The van der Waals surface area contributed by atoms with Crippen LogP contribution in [0, 0.1) is 17.7 Å². The van der Waals surface area contributed by atoms with Crippen LogP contribution in [0.15, 0.2) is 54.6 Å². The molecule has 1 heterocycles. The third-order valence-corrected chi connectivity index (χ3v) is 4.31. The quantitative estimate of drug-likeness (QED) is 0.604. The molecule has 4 rings (SSSR count). The van der Waals surface area contributed by atoms with E-state index in [4.69, 9.17) is 5.73 Å². The van der Waals surface area contributed by atoms with E-state index in [1.807, 2.05) is 22.8 Å². The summed E-state index contributed by atoms with van der Waals surface area (Å²) in [6.07, 6.45) is 0. The molecule has 0 atom stereocenters. The number of hydrogen-bond acceptors (Lipinski definition) is 1. The Morgan fingerprint density at radius 3 is 2.68 bits per heavy atom. The lowest BCUT2D eigenvalue weighted by Gasteiger charge is -2.09. The predicted octanol–water partition coefficient (Wildman–Crippen LogP) is 4.02. The molecule has 1 aromatic heterocycles. The highest BCUT2D eigenvalue weighted by atomic mass is 19.1. The number of fused-ring (bicyclic) bond motifs is 3. The fraction of sp³-hybridized carbons (Fsp3) is 0.0500. The van der Waals surface area contributed by atoms with Gasteiger partial charge in [-0.05, 0) is 42.5 Å². The van der Waals surface area contributed by atoms with E-state index in [-0.39, 0.29) is 12.1 Å². The van der Waals surface area contributed by atoms with Crippen LogP contribution in [0.25, 0.3) is 21.8 Å². The Labute approximate surface area is 142 Å². The number of nitrogens with zero attached hydrogens (tertiary/aromatic N) is 1. The van der Waals surface area contributed by atoms with Gasteiger partial charge >= 0.3 is 0 Å². The van der Waals surface area contributed by atoms with Gasteiger partial charge in [-0.15, -0.1) is 0 Å². The van der Waals surface area contributed by atoms with E-state index < -0.39 is 17.5 Å². The van der Waals surface area contributed by atoms with Crippen LogP contribution in [0.2, 0.25) is 0 Å². The molecule has 1 amide bonds. The van der Waals surface area contributed by atoms with E-state index in [1.165, 1.54) is 6.07 Å². The minimum Gasteiger partial charge on any atom is -0.366 e. The zero-order valence-corrected chi connectivity index (χ0v) is 13.1. The Balaban J connectivity index is 2.04. The van der Waals surface area contributed by atoms with E-state index in [2.05, 4.69) is 6.07 Å². The second kappa shape index (κ2) is 5.70. The number of rotatable bonds is 3. The first-order chi connectivity index (χ1) is 12.1. The predicted molar refractivity (Wildman–Crippen MR) is 92.3 cm³/mol. The van der Waals surface area contributed by atoms with Crippen LogP contribution < -0.4 is 5.73 Å². The van der Waals surface area contributed by atoms with Crippen molar-refractivity contribution in [3.05, 3.63) is 83.4 Å². The van der Waals surface area contributed by atoms with Crippen LogP contribution in [0.5, 0.6) is 0 Å². The number of amides is 1. The highest BCUT2D eigenvalue weighted by Crippen LogP contribution is 2.32. The van der Waals surface area contributed by atoms with Crippen molar-refractivity contribution < 1.29 is 13.6 Å². The van der Waals surface area contributed by atoms with Crippen molar-refractivity contribution in [3.63, 3.8) is 0 Å². The van der Waals surface area contributed by atoms with Gasteiger partial charge in [0.05, 0.1) is 17.6 Å². The summed E-state index contributed by atoms with van der Waals surface area (Å²) in [5, 5.41) is 1.39. The summed E-state index contributed by atoms with van der Waals surface area (Å²) in [6, 6.07) is 17.1. The maximum Gasteiger partial charge on any atom is 0.249 e. The maximum atomic E-state index is 14.1. The number of halogens is 2. The fourth-order valence-corrected chi connectivity index (χ4v) is 3.22. The molecule has 0 spiro atoms. The molecule has 5 heteroatoms. The molecule has 3 aromatic carbocycles. The minimum absolute atomic E-state index is 0.129. The van der Waals surface area contributed by atoms with Gasteiger partial charge in [-0.3, -0.25) is 4.79 Å². The second-order valence-electron chi connectivity index (χ2n) is 5.82. The first kappa shape index (κ1) is 15.3. The number of carbonyl (C=O) groups is 1. The van der Waals surface area contributed by atoms with Crippen LogP contribution in [0.3, 0.4) is 0 Å². The van der Waals surface area contributed by atoms with Gasteiger partial charge in [0.15, 0.2) is 0 Å². The molecule has 0 saturated carbocycles. The molecular weight excluding hydrogens is 322 g/mol. The van der Waals surface area contributed by atoms with E-state index >= 15 is 0 Å². The molecule has 0 aliphatic heterocycles. The first-order valence-corrected chi connectivity index (χ1v) is 7.71. The lowest BCUT2D eigenvalue weighted by molar-refractivity contribution is 0.100. The highest BCUT2D eigenvalue weighted by molar-refractivity contribution is 6.17. The van der Waals surface area contributed by atoms with Gasteiger partial charge in [-0.1, -0.05) is 18.2 Å². The Morgan fingerprint density at radius 1 is 1.08 bits per heavy atom. The zero-order valence-electron chi connectivity index (χ0n) is 13.1. The van der Waals surface area contributed by atoms with Crippen molar-refractivity contribution in [1.82, 2.24) is 4.57 Å². The number of aromatic nitrogens is 1. The molecule has 0 bridgehead atoms. The largest absolute Gasteiger partial charge is 0.366 e. The number of primary amides is 1. The summed E-state index contributed by atoms with van der Waals surface area (Å²) >= 11 is 0.